The molecule has 1 saturated heterocycles. The lowest BCUT2D eigenvalue weighted by Gasteiger charge is -2.40. The SMILES string of the molecule is CC1CN(c2ccc3c(n2)NC(=O)CO3)C(c2ccccc2)CO1. The molecule has 0 radical (unpaired) electrons. The molecule has 6 heteroatoms. The van der Waals surface area contributed by atoms with Gasteiger partial charge in [0.2, 0.25) is 0 Å². The van der Waals surface area contributed by atoms with E-state index in [9.17, 15) is 4.79 Å². The third-order valence-electron chi connectivity index (χ3n) is 4.31. The van der Waals surface area contributed by atoms with Gasteiger partial charge < -0.3 is 19.7 Å². The zero-order valence-electron chi connectivity index (χ0n) is 13.4. The number of morpholine rings is 1. The number of carbonyl (C=O) groups is 1. The van der Waals surface area contributed by atoms with Gasteiger partial charge >= 0.3 is 0 Å². The first-order valence-corrected chi connectivity index (χ1v) is 8.07. The number of aromatic nitrogens is 1. The van der Waals surface area contributed by atoms with Crippen molar-refractivity contribution in [3.8, 4) is 5.75 Å². The van der Waals surface area contributed by atoms with E-state index in [1.807, 2.05) is 30.3 Å². The van der Waals surface area contributed by atoms with Crippen molar-refractivity contribution in [3.05, 3.63) is 48.0 Å². The Labute approximate surface area is 140 Å². The molecule has 0 spiro atoms. The Morgan fingerprint density at radius 3 is 2.88 bits per heavy atom. The molecule has 24 heavy (non-hydrogen) atoms. The van der Waals surface area contributed by atoms with Crippen molar-refractivity contribution in [2.75, 3.05) is 30.0 Å². The molecule has 0 aliphatic carbocycles. The molecule has 3 heterocycles. The van der Waals surface area contributed by atoms with Gasteiger partial charge in [0.25, 0.3) is 5.91 Å². The molecule has 1 aromatic carbocycles. The molecule has 124 valence electrons. The molecule has 2 aliphatic rings. The zero-order valence-corrected chi connectivity index (χ0v) is 13.4. The fourth-order valence-electron chi connectivity index (χ4n) is 3.12. The number of nitrogens with zero attached hydrogens (tertiary/aromatic N) is 2. The van der Waals surface area contributed by atoms with Crippen LogP contribution in [0.5, 0.6) is 5.75 Å². The van der Waals surface area contributed by atoms with Crippen molar-refractivity contribution in [2.45, 2.75) is 19.1 Å². The molecule has 1 amide bonds. The lowest BCUT2D eigenvalue weighted by atomic mass is 10.0. The van der Waals surface area contributed by atoms with Gasteiger partial charge in [0.15, 0.2) is 18.2 Å². The van der Waals surface area contributed by atoms with E-state index >= 15 is 0 Å². The van der Waals surface area contributed by atoms with E-state index in [1.165, 1.54) is 5.56 Å². The van der Waals surface area contributed by atoms with Crippen LogP contribution in [-0.4, -0.2) is 36.8 Å². The molecule has 6 nitrogen and oxygen atoms in total. The van der Waals surface area contributed by atoms with Crippen LogP contribution in [0.3, 0.4) is 0 Å². The van der Waals surface area contributed by atoms with Crippen molar-refractivity contribution >= 4 is 17.5 Å². The number of rotatable bonds is 2. The maximum Gasteiger partial charge on any atom is 0.263 e. The highest BCUT2D eigenvalue weighted by Gasteiger charge is 2.30. The topological polar surface area (TPSA) is 63.7 Å². The molecule has 0 bridgehead atoms. The Hall–Kier alpha value is -2.60. The minimum Gasteiger partial charge on any atom is -0.480 e. The van der Waals surface area contributed by atoms with Gasteiger partial charge in [-0.2, -0.15) is 0 Å². The highest BCUT2D eigenvalue weighted by molar-refractivity contribution is 5.94. The molecule has 2 aliphatic heterocycles. The van der Waals surface area contributed by atoms with E-state index in [2.05, 4.69) is 34.3 Å². The van der Waals surface area contributed by atoms with Crippen molar-refractivity contribution < 1.29 is 14.3 Å². The number of nitrogens with one attached hydrogen (secondary N) is 1. The third kappa shape index (κ3) is 2.80. The number of anilines is 2. The van der Waals surface area contributed by atoms with E-state index in [4.69, 9.17) is 9.47 Å². The van der Waals surface area contributed by atoms with Crippen LogP contribution in [0, 0.1) is 0 Å². The number of ether oxygens (including phenoxy) is 2. The number of amides is 1. The predicted octanol–water partition coefficient (Wildman–Crippen LogP) is 2.38. The fourth-order valence-corrected chi connectivity index (χ4v) is 3.12. The normalized spacial score (nSPS) is 23.2. The smallest absolute Gasteiger partial charge is 0.263 e. The summed E-state index contributed by atoms with van der Waals surface area (Å²) in [4.78, 5) is 18.4. The molecule has 1 N–H and O–H groups in total. The fraction of sp³-hybridized carbons (Fsp3) is 0.333. The van der Waals surface area contributed by atoms with Gasteiger partial charge in [-0.15, -0.1) is 0 Å². The number of fused-ring (bicyclic) bond motifs is 1. The summed E-state index contributed by atoms with van der Waals surface area (Å²) in [6, 6.07) is 14.1. The van der Waals surface area contributed by atoms with Crippen molar-refractivity contribution in [1.29, 1.82) is 0 Å². The minimum atomic E-state index is -0.179. The Morgan fingerprint density at radius 2 is 2.04 bits per heavy atom. The van der Waals surface area contributed by atoms with Crippen LogP contribution in [0.25, 0.3) is 0 Å². The highest BCUT2D eigenvalue weighted by atomic mass is 16.5. The largest absolute Gasteiger partial charge is 0.480 e. The van der Waals surface area contributed by atoms with E-state index < -0.39 is 0 Å². The first kappa shape index (κ1) is 15.0. The molecular formula is C18H19N3O3. The third-order valence-corrected chi connectivity index (χ3v) is 4.31. The van der Waals surface area contributed by atoms with Crippen LogP contribution in [-0.2, 0) is 9.53 Å². The Morgan fingerprint density at radius 1 is 1.21 bits per heavy atom. The second-order valence-corrected chi connectivity index (χ2v) is 6.08. The van der Waals surface area contributed by atoms with Gasteiger partial charge in [0.05, 0.1) is 18.8 Å². The van der Waals surface area contributed by atoms with E-state index in [1.54, 1.807) is 0 Å². The Balaban J connectivity index is 1.69. The summed E-state index contributed by atoms with van der Waals surface area (Å²) < 4.78 is 11.3. The summed E-state index contributed by atoms with van der Waals surface area (Å²) in [6.07, 6.45) is 0.119. The molecule has 2 atom stereocenters. The Kier molecular flexibility index (Phi) is 3.82. The number of pyridine rings is 1. The standard InChI is InChI=1S/C18H19N3O3/c1-12-9-21(14(10-23-12)13-5-3-2-4-6-13)16-8-7-15-18(19-16)20-17(22)11-24-15/h2-8,12,14H,9-11H2,1H3,(H,19,20,22). The van der Waals surface area contributed by atoms with Gasteiger partial charge in [0, 0.05) is 6.54 Å². The second kappa shape index (κ2) is 6.13. The quantitative estimate of drug-likeness (QED) is 0.918. The first-order valence-electron chi connectivity index (χ1n) is 8.07. The van der Waals surface area contributed by atoms with Crippen molar-refractivity contribution in [2.24, 2.45) is 0 Å². The number of hydrogen-bond acceptors (Lipinski definition) is 5. The van der Waals surface area contributed by atoms with Gasteiger partial charge in [-0.25, -0.2) is 4.98 Å². The number of hydrogen-bond donors (Lipinski definition) is 1. The zero-order chi connectivity index (χ0) is 16.5. The molecule has 4 rings (SSSR count). The second-order valence-electron chi connectivity index (χ2n) is 6.08. The molecular weight excluding hydrogens is 306 g/mol. The van der Waals surface area contributed by atoms with E-state index in [0.29, 0.717) is 18.2 Å². The van der Waals surface area contributed by atoms with Crippen LogP contribution in [0.1, 0.15) is 18.5 Å². The van der Waals surface area contributed by atoms with Gasteiger partial charge in [0.1, 0.15) is 5.82 Å². The number of benzene rings is 1. The van der Waals surface area contributed by atoms with E-state index in [-0.39, 0.29) is 24.7 Å². The molecule has 1 fully saturated rings. The predicted molar refractivity (Wildman–Crippen MR) is 90.3 cm³/mol. The summed E-state index contributed by atoms with van der Waals surface area (Å²) in [7, 11) is 0. The van der Waals surface area contributed by atoms with E-state index in [0.717, 1.165) is 12.4 Å². The summed E-state index contributed by atoms with van der Waals surface area (Å²) in [5.41, 5.74) is 1.18. The monoisotopic (exact) mass is 325 g/mol. The minimum absolute atomic E-state index is 0.0370. The average molecular weight is 325 g/mol. The maximum atomic E-state index is 11.5. The molecule has 2 unspecified atom stereocenters. The van der Waals surface area contributed by atoms with Crippen molar-refractivity contribution in [1.82, 2.24) is 4.98 Å². The molecule has 0 saturated carbocycles. The van der Waals surface area contributed by atoms with Gasteiger partial charge in [-0.1, -0.05) is 30.3 Å². The summed E-state index contributed by atoms with van der Waals surface area (Å²) in [5.74, 6) is 1.72. The van der Waals surface area contributed by atoms with Crippen LogP contribution in [0.15, 0.2) is 42.5 Å². The number of carbonyl (C=O) groups excluding carboxylic acids is 1. The maximum absolute atomic E-state index is 11.5. The van der Waals surface area contributed by atoms with Crippen LogP contribution < -0.4 is 15.0 Å². The van der Waals surface area contributed by atoms with Crippen LogP contribution in [0.4, 0.5) is 11.6 Å². The first-order chi connectivity index (χ1) is 11.7. The lowest BCUT2D eigenvalue weighted by molar-refractivity contribution is -0.118. The summed E-state index contributed by atoms with van der Waals surface area (Å²) in [6.45, 7) is 3.43. The van der Waals surface area contributed by atoms with Crippen LogP contribution in [0.2, 0.25) is 0 Å². The average Bonchev–Trinajstić information content (AvgIpc) is 2.61. The van der Waals surface area contributed by atoms with Crippen molar-refractivity contribution in [3.63, 3.8) is 0 Å². The Bertz CT molecular complexity index is 750. The summed E-state index contributed by atoms with van der Waals surface area (Å²) >= 11 is 0. The highest BCUT2D eigenvalue weighted by Crippen LogP contribution is 2.34. The van der Waals surface area contributed by atoms with Gasteiger partial charge in [-0.05, 0) is 24.6 Å². The van der Waals surface area contributed by atoms with Gasteiger partial charge in [-0.3, -0.25) is 4.79 Å². The molecule has 2 aromatic rings. The summed E-state index contributed by atoms with van der Waals surface area (Å²) in [5, 5.41) is 2.77. The molecule has 1 aromatic heterocycles. The lowest BCUT2D eigenvalue weighted by Crippen LogP contribution is -2.44. The van der Waals surface area contributed by atoms with Crippen LogP contribution >= 0.6 is 0 Å².